The lowest BCUT2D eigenvalue weighted by Gasteiger charge is -2.32. The van der Waals surface area contributed by atoms with Gasteiger partial charge in [-0.3, -0.25) is 9.89 Å². The van der Waals surface area contributed by atoms with Crippen molar-refractivity contribution < 1.29 is 4.79 Å². The number of nitrogens with zero attached hydrogens (tertiary/aromatic N) is 3. The first-order valence-corrected chi connectivity index (χ1v) is 7.47. The first kappa shape index (κ1) is 13.8. The topological polar surface area (TPSA) is 61.9 Å². The highest BCUT2D eigenvalue weighted by Crippen LogP contribution is 2.33. The molecule has 1 atom stereocenters. The molecule has 1 aliphatic rings. The smallest absolute Gasteiger partial charge is 0.293 e. The summed E-state index contributed by atoms with van der Waals surface area (Å²) in [6.07, 6.45) is 3.93. The molecule has 1 unspecified atom stereocenters. The van der Waals surface area contributed by atoms with Crippen molar-refractivity contribution in [3.8, 4) is 0 Å². The molecule has 1 N–H and O–H groups in total. The Hall–Kier alpha value is -2.17. The van der Waals surface area contributed by atoms with E-state index in [-0.39, 0.29) is 17.8 Å². The Morgan fingerprint density at radius 3 is 3.00 bits per heavy atom. The number of aromatic nitrogens is 3. The predicted molar refractivity (Wildman–Crippen MR) is 80.0 cm³/mol. The van der Waals surface area contributed by atoms with Crippen LogP contribution in [0.25, 0.3) is 0 Å². The molecule has 3 rings (SSSR count). The second kappa shape index (κ2) is 5.68. The Balaban J connectivity index is 1.85. The Labute approximate surface area is 124 Å². The van der Waals surface area contributed by atoms with Crippen molar-refractivity contribution in [1.82, 2.24) is 20.1 Å². The van der Waals surface area contributed by atoms with Gasteiger partial charge in [-0.2, -0.15) is 0 Å². The summed E-state index contributed by atoms with van der Waals surface area (Å²) in [5.74, 6) is 0.890. The Bertz CT molecular complexity index is 649. The van der Waals surface area contributed by atoms with Crippen LogP contribution in [0, 0.1) is 0 Å². The summed E-state index contributed by atoms with van der Waals surface area (Å²) in [5.41, 5.74) is 2.60. The SMILES string of the molecule is CCc1nc(C(=O)N(C)C2CCCc3ccccc32)n[nH]1. The third-order valence-electron chi connectivity index (χ3n) is 4.18. The van der Waals surface area contributed by atoms with Gasteiger partial charge in [-0.1, -0.05) is 31.2 Å². The van der Waals surface area contributed by atoms with Gasteiger partial charge < -0.3 is 4.90 Å². The van der Waals surface area contributed by atoms with Crippen LogP contribution in [0.2, 0.25) is 0 Å². The van der Waals surface area contributed by atoms with Crippen molar-refractivity contribution in [2.75, 3.05) is 7.05 Å². The molecule has 0 saturated heterocycles. The fraction of sp³-hybridized carbons (Fsp3) is 0.438. The van der Waals surface area contributed by atoms with E-state index >= 15 is 0 Å². The molecule has 1 aliphatic carbocycles. The van der Waals surface area contributed by atoms with Crippen LogP contribution >= 0.6 is 0 Å². The summed E-state index contributed by atoms with van der Waals surface area (Å²) in [7, 11) is 1.84. The third-order valence-corrected chi connectivity index (χ3v) is 4.18. The van der Waals surface area contributed by atoms with E-state index in [9.17, 15) is 4.79 Å². The second-order valence-corrected chi connectivity index (χ2v) is 5.48. The van der Waals surface area contributed by atoms with Crippen LogP contribution in [-0.4, -0.2) is 33.0 Å². The fourth-order valence-electron chi connectivity index (χ4n) is 2.98. The molecular formula is C16H20N4O. The van der Waals surface area contributed by atoms with Crippen LogP contribution in [0.5, 0.6) is 0 Å². The lowest BCUT2D eigenvalue weighted by molar-refractivity contribution is 0.0703. The van der Waals surface area contributed by atoms with Crippen molar-refractivity contribution >= 4 is 5.91 Å². The van der Waals surface area contributed by atoms with Crippen molar-refractivity contribution in [1.29, 1.82) is 0 Å². The quantitative estimate of drug-likeness (QED) is 0.942. The van der Waals surface area contributed by atoms with E-state index in [0.717, 1.165) is 31.5 Å². The molecule has 5 nitrogen and oxygen atoms in total. The highest BCUT2D eigenvalue weighted by molar-refractivity contribution is 5.90. The summed E-state index contributed by atoms with van der Waals surface area (Å²) in [4.78, 5) is 18.6. The second-order valence-electron chi connectivity index (χ2n) is 5.48. The number of carbonyl (C=O) groups excluding carboxylic acids is 1. The van der Waals surface area contributed by atoms with Crippen LogP contribution in [0.1, 0.15) is 53.4 Å². The molecule has 110 valence electrons. The molecule has 21 heavy (non-hydrogen) atoms. The Morgan fingerprint density at radius 2 is 2.24 bits per heavy atom. The number of hydrogen-bond acceptors (Lipinski definition) is 3. The zero-order chi connectivity index (χ0) is 14.8. The fourth-order valence-corrected chi connectivity index (χ4v) is 2.98. The summed E-state index contributed by atoms with van der Waals surface area (Å²) in [6.45, 7) is 1.98. The molecule has 0 saturated carbocycles. The van der Waals surface area contributed by atoms with E-state index in [4.69, 9.17) is 0 Å². The number of H-pyrrole nitrogens is 1. The van der Waals surface area contributed by atoms with Crippen LogP contribution < -0.4 is 0 Å². The number of hydrogen-bond donors (Lipinski definition) is 1. The number of nitrogens with one attached hydrogen (secondary N) is 1. The molecule has 0 spiro atoms. The van der Waals surface area contributed by atoms with Crippen molar-refractivity contribution in [3.63, 3.8) is 0 Å². The van der Waals surface area contributed by atoms with Gasteiger partial charge in [-0.25, -0.2) is 4.98 Å². The molecule has 0 bridgehead atoms. The van der Waals surface area contributed by atoms with Crippen molar-refractivity contribution in [2.24, 2.45) is 0 Å². The number of carbonyl (C=O) groups is 1. The standard InChI is InChI=1S/C16H20N4O/c1-3-14-17-15(19-18-14)16(21)20(2)13-10-6-8-11-7-4-5-9-12(11)13/h4-5,7,9,13H,3,6,8,10H2,1-2H3,(H,17,18,19). The maximum Gasteiger partial charge on any atom is 0.293 e. The molecule has 1 heterocycles. The van der Waals surface area contributed by atoms with Gasteiger partial charge in [-0.05, 0) is 30.4 Å². The highest BCUT2D eigenvalue weighted by Gasteiger charge is 2.28. The largest absolute Gasteiger partial charge is 0.332 e. The van der Waals surface area contributed by atoms with Gasteiger partial charge in [-0.15, -0.1) is 5.10 Å². The van der Waals surface area contributed by atoms with Crippen LogP contribution in [-0.2, 0) is 12.8 Å². The van der Waals surface area contributed by atoms with Crippen molar-refractivity contribution in [2.45, 2.75) is 38.6 Å². The van der Waals surface area contributed by atoms with E-state index < -0.39 is 0 Å². The predicted octanol–water partition coefficient (Wildman–Crippen LogP) is 2.52. The molecule has 1 aromatic carbocycles. The van der Waals surface area contributed by atoms with Gasteiger partial charge in [0.05, 0.1) is 6.04 Å². The third kappa shape index (κ3) is 2.55. The van der Waals surface area contributed by atoms with Crippen molar-refractivity contribution in [3.05, 3.63) is 47.0 Å². The molecule has 2 aromatic rings. The van der Waals surface area contributed by atoms with Crippen LogP contribution in [0.15, 0.2) is 24.3 Å². The van der Waals surface area contributed by atoms with E-state index in [1.165, 1.54) is 11.1 Å². The van der Waals surface area contributed by atoms with E-state index in [1.54, 1.807) is 4.90 Å². The first-order chi connectivity index (χ1) is 10.2. The van der Waals surface area contributed by atoms with Gasteiger partial charge in [0.1, 0.15) is 5.82 Å². The average Bonchev–Trinajstić information content (AvgIpc) is 3.02. The molecule has 5 heteroatoms. The van der Waals surface area contributed by atoms with Gasteiger partial charge >= 0.3 is 0 Å². The first-order valence-electron chi connectivity index (χ1n) is 7.47. The highest BCUT2D eigenvalue weighted by atomic mass is 16.2. The number of fused-ring (bicyclic) bond motifs is 1. The van der Waals surface area contributed by atoms with Gasteiger partial charge in [0, 0.05) is 13.5 Å². The van der Waals surface area contributed by atoms with Crippen LogP contribution in [0.3, 0.4) is 0 Å². The zero-order valence-corrected chi connectivity index (χ0v) is 12.5. The lowest BCUT2D eigenvalue weighted by Crippen LogP contribution is -2.34. The maximum absolute atomic E-state index is 12.6. The molecule has 0 fully saturated rings. The van der Waals surface area contributed by atoms with Gasteiger partial charge in [0.15, 0.2) is 0 Å². The van der Waals surface area contributed by atoms with E-state index in [1.807, 2.05) is 20.0 Å². The molecule has 1 aromatic heterocycles. The number of rotatable bonds is 3. The minimum Gasteiger partial charge on any atom is -0.332 e. The molecule has 0 radical (unpaired) electrons. The molecule has 1 amide bonds. The normalized spacial score (nSPS) is 17.3. The number of amides is 1. The Morgan fingerprint density at radius 1 is 1.43 bits per heavy atom. The molecule has 0 aliphatic heterocycles. The number of benzene rings is 1. The minimum absolute atomic E-state index is 0.117. The summed E-state index contributed by atoms with van der Waals surface area (Å²) in [6, 6.07) is 8.50. The van der Waals surface area contributed by atoms with Gasteiger partial charge in [0.25, 0.3) is 5.91 Å². The van der Waals surface area contributed by atoms with E-state index in [2.05, 4.69) is 33.4 Å². The van der Waals surface area contributed by atoms with Gasteiger partial charge in [0.2, 0.25) is 5.82 Å². The average molecular weight is 284 g/mol. The summed E-state index contributed by atoms with van der Waals surface area (Å²) < 4.78 is 0. The Kier molecular flexibility index (Phi) is 3.73. The number of aryl methyl sites for hydroxylation is 2. The maximum atomic E-state index is 12.6. The monoisotopic (exact) mass is 284 g/mol. The number of aromatic amines is 1. The molecular weight excluding hydrogens is 264 g/mol. The van der Waals surface area contributed by atoms with Crippen LogP contribution in [0.4, 0.5) is 0 Å². The zero-order valence-electron chi connectivity index (χ0n) is 12.5. The summed E-state index contributed by atoms with van der Waals surface area (Å²) >= 11 is 0. The minimum atomic E-state index is -0.118. The lowest BCUT2D eigenvalue weighted by atomic mass is 9.87. The summed E-state index contributed by atoms with van der Waals surface area (Å²) in [5, 5.41) is 6.84. The van der Waals surface area contributed by atoms with E-state index in [0.29, 0.717) is 0 Å².